The third-order valence-corrected chi connectivity index (χ3v) is 5.24. The van der Waals surface area contributed by atoms with Crippen molar-refractivity contribution < 1.29 is 9.53 Å². The Morgan fingerprint density at radius 1 is 0.971 bits per heavy atom. The maximum absolute atomic E-state index is 8.00. The molecular formula is C27H37N5O2. The molecule has 0 aliphatic carbocycles. The number of rotatable bonds is 7. The summed E-state index contributed by atoms with van der Waals surface area (Å²) in [5.74, 6) is 2.51. The number of nitrogens with zero attached hydrogens (tertiary/aromatic N) is 3. The van der Waals surface area contributed by atoms with Gasteiger partial charge in [0.1, 0.15) is 18.4 Å². The van der Waals surface area contributed by atoms with Gasteiger partial charge in [-0.15, -0.1) is 0 Å². The summed E-state index contributed by atoms with van der Waals surface area (Å²) < 4.78 is 5.44. The monoisotopic (exact) mass is 463 g/mol. The zero-order valence-corrected chi connectivity index (χ0v) is 20.6. The molecule has 0 saturated carbocycles. The van der Waals surface area contributed by atoms with Crippen LogP contribution in [0.15, 0.2) is 60.8 Å². The van der Waals surface area contributed by atoms with Gasteiger partial charge < -0.3 is 25.1 Å². The third kappa shape index (κ3) is 9.19. The molecule has 0 bridgehead atoms. The first-order chi connectivity index (χ1) is 16.7. The minimum atomic E-state index is 0.632. The van der Waals surface area contributed by atoms with Gasteiger partial charge in [0.15, 0.2) is 0 Å². The Kier molecular flexibility index (Phi) is 12.1. The van der Waals surface area contributed by atoms with Crippen molar-refractivity contribution in [2.75, 3.05) is 37.0 Å². The molecule has 1 saturated heterocycles. The number of ether oxygens (including phenoxy) is 1. The predicted octanol–water partition coefficient (Wildman–Crippen LogP) is 5.14. The van der Waals surface area contributed by atoms with E-state index in [4.69, 9.17) is 9.53 Å². The van der Waals surface area contributed by atoms with Crippen molar-refractivity contribution >= 4 is 24.2 Å². The molecule has 7 heteroatoms. The molecule has 34 heavy (non-hydrogen) atoms. The fraction of sp³-hybridized carbons (Fsp3) is 0.370. The largest absolute Gasteiger partial charge is 0.494 e. The highest BCUT2D eigenvalue weighted by Gasteiger charge is 2.12. The second-order valence-electron chi connectivity index (χ2n) is 7.88. The fourth-order valence-electron chi connectivity index (χ4n) is 3.55. The Balaban J connectivity index is 0.000000286. The Bertz CT molecular complexity index is 942. The van der Waals surface area contributed by atoms with E-state index in [1.54, 1.807) is 0 Å². The molecule has 1 aliphatic heterocycles. The van der Waals surface area contributed by atoms with Gasteiger partial charge >= 0.3 is 0 Å². The minimum Gasteiger partial charge on any atom is -0.494 e. The number of carbonyl (C=O) groups is 1. The van der Waals surface area contributed by atoms with E-state index in [1.807, 2.05) is 57.3 Å². The van der Waals surface area contributed by atoms with Crippen molar-refractivity contribution in [3.63, 3.8) is 0 Å². The molecule has 2 N–H and O–H groups in total. The smallest absolute Gasteiger partial charge is 0.229 e. The number of hydrogen-bond acceptors (Lipinski definition) is 7. The van der Waals surface area contributed by atoms with Crippen LogP contribution in [-0.2, 0) is 11.3 Å². The highest BCUT2D eigenvalue weighted by Crippen LogP contribution is 2.21. The maximum Gasteiger partial charge on any atom is 0.229 e. The molecule has 1 aliphatic rings. The molecule has 2 heterocycles. The summed E-state index contributed by atoms with van der Waals surface area (Å²) >= 11 is 0. The maximum atomic E-state index is 8.00. The summed E-state index contributed by atoms with van der Waals surface area (Å²) in [6.45, 7) is 9.88. The Morgan fingerprint density at radius 3 is 2.26 bits per heavy atom. The lowest BCUT2D eigenvalue weighted by atomic mass is 10.1. The minimum absolute atomic E-state index is 0.632. The standard InChI is InChI=1S/C17H22N4O.C9H13N.CH2O/c1-2-22-15-8-6-14(7-9-15)19-17-18-11-10-16(20-17)21-12-4-3-5-13-21;1-8-3-5-9(6-4-8)7-10-2;1-2/h6-11H,2-5,12-13H2,1H3,(H,18,19,20);3-6,10H,7H2,1-2H3;1H2. The van der Waals surface area contributed by atoms with Crippen LogP contribution in [0.25, 0.3) is 0 Å². The van der Waals surface area contributed by atoms with E-state index in [0.29, 0.717) is 12.6 Å². The van der Waals surface area contributed by atoms with Crippen LogP contribution in [0.2, 0.25) is 0 Å². The van der Waals surface area contributed by atoms with Crippen molar-refractivity contribution in [2.24, 2.45) is 0 Å². The van der Waals surface area contributed by atoms with Crippen LogP contribution in [0.3, 0.4) is 0 Å². The lowest BCUT2D eigenvalue weighted by Gasteiger charge is -2.27. The number of carbonyl (C=O) groups excluding carboxylic acids is 1. The Labute approximate surface area is 203 Å². The number of hydrogen-bond donors (Lipinski definition) is 2. The molecule has 1 fully saturated rings. The Morgan fingerprint density at radius 2 is 1.65 bits per heavy atom. The zero-order valence-electron chi connectivity index (χ0n) is 20.6. The van der Waals surface area contributed by atoms with E-state index >= 15 is 0 Å². The lowest BCUT2D eigenvalue weighted by Crippen LogP contribution is -2.30. The summed E-state index contributed by atoms with van der Waals surface area (Å²) in [5, 5.41) is 6.35. The van der Waals surface area contributed by atoms with E-state index in [-0.39, 0.29) is 0 Å². The molecule has 182 valence electrons. The van der Waals surface area contributed by atoms with E-state index in [2.05, 4.69) is 56.7 Å². The van der Waals surface area contributed by atoms with E-state index in [0.717, 1.165) is 36.9 Å². The van der Waals surface area contributed by atoms with Crippen molar-refractivity contribution in [3.8, 4) is 5.75 Å². The number of aromatic nitrogens is 2. The number of piperidine rings is 1. The van der Waals surface area contributed by atoms with E-state index in [9.17, 15) is 0 Å². The number of anilines is 3. The van der Waals surface area contributed by atoms with Crippen molar-refractivity contribution in [3.05, 3.63) is 71.9 Å². The van der Waals surface area contributed by atoms with Crippen LogP contribution in [-0.4, -0.2) is 43.5 Å². The summed E-state index contributed by atoms with van der Waals surface area (Å²) in [6, 6.07) is 18.4. The summed E-state index contributed by atoms with van der Waals surface area (Å²) in [7, 11) is 1.96. The van der Waals surface area contributed by atoms with Crippen LogP contribution in [0.5, 0.6) is 5.75 Å². The average molecular weight is 464 g/mol. The molecule has 7 nitrogen and oxygen atoms in total. The molecule has 0 radical (unpaired) electrons. The summed E-state index contributed by atoms with van der Waals surface area (Å²) in [5.41, 5.74) is 3.62. The molecule has 2 aromatic carbocycles. The molecular weight excluding hydrogens is 426 g/mol. The van der Waals surface area contributed by atoms with Crippen LogP contribution < -0.4 is 20.3 Å². The van der Waals surface area contributed by atoms with Crippen LogP contribution in [0.1, 0.15) is 37.3 Å². The van der Waals surface area contributed by atoms with Crippen LogP contribution >= 0.6 is 0 Å². The van der Waals surface area contributed by atoms with Gasteiger partial charge in [-0.05, 0) is 76.1 Å². The van der Waals surface area contributed by atoms with Gasteiger partial charge in [0.2, 0.25) is 5.95 Å². The first-order valence-electron chi connectivity index (χ1n) is 11.7. The van der Waals surface area contributed by atoms with Gasteiger partial charge in [-0.25, -0.2) is 4.98 Å². The molecule has 1 aromatic heterocycles. The fourth-order valence-corrected chi connectivity index (χ4v) is 3.55. The second-order valence-corrected chi connectivity index (χ2v) is 7.88. The normalized spacial score (nSPS) is 12.5. The van der Waals surface area contributed by atoms with Gasteiger partial charge in [0.25, 0.3) is 0 Å². The highest BCUT2D eigenvalue weighted by atomic mass is 16.5. The van der Waals surface area contributed by atoms with Crippen molar-refractivity contribution in [1.29, 1.82) is 0 Å². The molecule has 0 atom stereocenters. The molecule has 4 rings (SSSR count). The van der Waals surface area contributed by atoms with Gasteiger partial charge in [0, 0.05) is 31.5 Å². The first-order valence-corrected chi connectivity index (χ1v) is 11.7. The zero-order chi connectivity index (χ0) is 24.6. The van der Waals surface area contributed by atoms with Gasteiger partial charge in [-0.1, -0.05) is 29.8 Å². The van der Waals surface area contributed by atoms with Gasteiger partial charge in [-0.2, -0.15) is 4.98 Å². The predicted molar refractivity (Wildman–Crippen MR) is 140 cm³/mol. The van der Waals surface area contributed by atoms with Crippen molar-refractivity contribution in [1.82, 2.24) is 15.3 Å². The SMILES string of the molecule is C=O.CCOc1ccc(Nc2nccc(N3CCCCC3)n2)cc1.CNCc1ccc(C)cc1. The quantitative estimate of drug-likeness (QED) is 0.502. The number of aryl methyl sites for hydroxylation is 1. The third-order valence-electron chi connectivity index (χ3n) is 5.24. The van der Waals surface area contributed by atoms with E-state index < -0.39 is 0 Å². The molecule has 0 unspecified atom stereocenters. The van der Waals surface area contributed by atoms with Crippen LogP contribution in [0, 0.1) is 6.92 Å². The topological polar surface area (TPSA) is 79.4 Å². The second kappa shape index (κ2) is 15.4. The van der Waals surface area contributed by atoms with Crippen LogP contribution in [0.4, 0.5) is 17.5 Å². The lowest BCUT2D eigenvalue weighted by molar-refractivity contribution is -0.0979. The summed E-state index contributed by atoms with van der Waals surface area (Å²) in [4.78, 5) is 19.3. The molecule has 0 amide bonds. The molecule has 3 aromatic rings. The van der Waals surface area contributed by atoms with E-state index in [1.165, 1.54) is 30.4 Å². The summed E-state index contributed by atoms with van der Waals surface area (Å²) in [6.07, 6.45) is 5.62. The average Bonchev–Trinajstić information content (AvgIpc) is 2.89. The Hall–Kier alpha value is -3.45. The van der Waals surface area contributed by atoms with Gasteiger partial charge in [0.05, 0.1) is 6.61 Å². The van der Waals surface area contributed by atoms with Crippen molar-refractivity contribution in [2.45, 2.75) is 39.7 Å². The molecule has 0 spiro atoms. The van der Waals surface area contributed by atoms with Gasteiger partial charge in [-0.3, -0.25) is 0 Å². The number of benzene rings is 2. The number of nitrogens with one attached hydrogen (secondary N) is 2. The first kappa shape index (κ1) is 26.8. The highest BCUT2D eigenvalue weighted by molar-refractivity contribution is 5.56.